The molecule has 0 spiro atoms. The fraction of sp³-hybridized carbons (Fsp3) is 0.381. The predicted octanol–water partition coefficient (Wildman–Crippen LogP) is 5.02. The molecule has 1 fully saturated rings. The van der Waals surface area contributed by atoms with E-state index in [-0.39, 0.29) is 11.9 Å². The van der Waals surface area contributed by atoms with Gasteiger partial charge in [-0.2, -0.15) is 0 Å². The Hall–Kier alpha value is -1.56. The molecule has 4 heteroatoms. The van der Waals surface area contributed by atoms with E-state index >= 15 is 0 Å². The van der Waals surface area contributed by atoms with E-state index in [2.05, 4.69) is 64.0 Å². The van der Waals surface area contributed by atoms with Crippen molar-refractivity contribution in [3.63, 3.8) is 0 Å². The van der Waals surface area contributed by atoms with Gasteiger partial charge >= 0.3 is 0 Å². The summed E-state index contributed by atoms with van der Waals surface area (Å²) in [6, 6.07) is 16.2. The van der Waals surface area contributed by atoms with Crippen LogP contribution in [0.5, 0.6) is 0 Å². The maximum atomic E-state index is 12.4. The summed E-state index contributed by atoms with van der Waals surface area (Å²) in [5.74, 6) is 0.810. The lowest BCUT2D eigenvalue weighted by atomic mass is 9.98. The van der Waals surface area contributed by atoms with Crippen molar-refractivity contribution in [1.29, 1.82) is 0 Å². The summed E-state index contributed by atoms with van der Waals surface area (Å²) in [4.78, 5) is 14.8. The second kappa shape index (κ2) is 8.21. The molecule has 0 aromatic heterocycles. The fourth-order valence-electron chi connectivity index (χ4n) is 3.21. The van der Waals surface area contributed by atoms with Gasteiger partial charge in [-0.05, 0) is 90.2 Å². The van der Waals surface area contributed by atoms with E-state index in [1.165, 1.54) is 18.5 Å². The molecule has 25 heavy (non-hydrogen) atoms. The summed E-state index contributed by atoms with van der Waals surface area (Å²) >= 11 is 2.24. The molecule has 1 atom stereocenters. The summed E-state index contributed by atoms with van der Waals surface area (Å²) in [6.45, 7) is 6.64. The molecular formula is C21H25IN2O. The number of nitrogens with one attached hydrogen (secondary N) is 1. The molecule has 0 saturated carbocycles. The third-order valence-electron chi connectivity index (χ3n) is 5.00. The highest BCUT2D eigenvalue weighted by Crippen LogP contribution is 2.24. The normalized spacial score (nSPS) is 16.5. The molecule has 1 aliphatic rings. The first-order valence-corrected chi connectivity index (χ1v) is 10.0. The number of hydrogen-bond donors (Lipinski definition) is 1. The monoisotopic (exact) mass is 448 g/mol. The molecule has 2 aromatic carbocycles. The third-order valence-corrected chi connectivity index (χ3v) is 5.72. The highest BCUT2D eigenvalue weighted by Gasteiger charge is 2.16. The van der Waals surface area contributed by atoms with Crippen LogP contribution in [0.25, 0.3) is 0 Å². The molecule has 132 valence electrons. The molecule has 0 radical (unpaired) electrons. The summed E-state index contributed by atoms with van der Waals surface area (Å²) in [5.41, 5.74) is 3.12. The summed E-state index contributed by atoms with van der Waals surface area (Å²) < 4.78 is 1.13. The van der Waals surface area contributed by atoms with Crippen LogP contribution in [0.15, 0.2) is 48.5 Å². The summed E-state index contributed by atoms with van der Waals surface area (Å²) in [6.07, 6.45) is 2.54. The Morgan fingerprint density at radius 2 is 1.68 bits per heavy atom. The highest BCUT2D eigenvalue weighted by molar-refractivity contribution is 14.1. The topological polar surface area (TPSA) is 32.3 Å². The minimum atomic E-state index is -0.0296. The van der Waals surface area contributed by atoms with Crippen LogP contribution in [0.2, 0.25) is 0 Å². The number of carbonyl (C=O) groups excluding carboxylic acids is 1. The van der Waals surface area contributed by atoms with Crippen molar-refractivity contribution in [2.24, 2.45) is 5.92 Å². The zero-order chi connectivity index (χ0) is 17.8. The van der Waals surface area contributed by atoms with E-state index in [4.69, 9.17) is 0 Å². The Labute approximate surface area is 164 Å². The number of hydrogen-bond acceptors (Lipinski definition) is 2. The zero-order valence-electron chi connectivity index (χ0n) is 14.8. The Kier molecular flexibility index (Phi) is 5.99. The van der Waals surface area contributed by atoms with E-state index in [1.807, 2.05) is 31.2 Å². The highest BCUT2D eigenvalue weighted by atomic mass is 127. The molecule has 1 amide bonds. The summed E-state index contributed by atoms with van der Waals surface area (Å²) in [5, 5.41) is 3.08. The van der Waals surface area contributed by atoms with E-state index in [0.29, 0.717) is 5.56 Å². The van der Waals surface area contributed by atoms with Crippen molar-refractivity contribution in [2.75, 3.05) is 18.0 Å². The van der Waals surface area contributed by atoms with Crippen LogP contribution in [0.1, 0.15) is 48.7 Å². The van der Waals surface area contributed by atoms with Crippen LogP contribution in [0, 0.1) is 9.49 Å². The molecule has 1 saturated heterocycles. The molecular weight excluding hydrogens is 423 g/mol. The number of benzene rings is 2. The lowest BCUT2D eigenvalue weighted by molar-refractivity contribution is 0.0940. The average Bonchev–Trinajstić information content (AvgIpc) is 2.63. The molecule has 3 rings (SSSR count). The Morgan fingerprint density at radius 1 is 1.08 bits per heavy atom. The zero-order valence-corrected chi connectivity index (χ0v) is 17.0. The lowest BCUT2D eigenvalue weighted by Gasteiger charge is -2.32. The van der Waals surface area contributed by atoms with E-state index in [9.17, 15) is 4.79 Å². The van der Waals surface area contributed by atoms with Crippen molar-refractivity contribution in [3.05, 3.63) is 63.2 Å². The molecule has 3 nitrogen and oxygen atoms in total. The average molecular weight is 448 g/mol. The molecule has 0 aliphatic carbocycles. The van der Waals surface area contributed by atoms with Crippen molar-refractivity contribution in [1.82, 2.24) is 5.32 Å². The number of rotatable bonds is 4. The minimum Gasteiger partial charge on any atom is -0.372 e. The molecule has 1 heterocycles. The molecule has 0 unspecified atom stereocenters. The van der Waals surface area contributed by atoms with Gasteiger partial charge in [-0.25, -0.2) is 0 Å². The van der Waals surface area contributed by atoms with E-state index in [1.54, 1.807) is 0 Å². The first kappa shape index (κ1) is 18.2. The quantitative estimate of drug-likeness (QED) is 0.667. The lowest BCUT2D eigenvalue weighted by Crippen LogP contribution is -2.32. The van der Waals surface area contributed by atoms with E-state index in [0.717, 1.165) is 28.1 Å². The van der Waals surface area contributed by atoms with Crippen molar-refractivity contribution in [3.8, 4) is 0 Å². The van der Waals surface area contributed by atoms with Gasteiger partial charge in [0.2, 0.25) is 0 Å². The van der Waals surface area contributed by atoms with Gasteiger partial charge in [0, 0.05) is 27.9 Å². The predicted molar refractivity (Wildman–Crippen MR) is 112 cm³/mol. The van der Waals surface area contributed by atoms with Gasteiger partial charge in [-0.15, -0.1) is 0 Å². The molecule has 0 bridgehead atoms. The number of amides is 1. The number of carbonyl (C=O) groups is 1. The number of anilines is 1. The van der Waals surface area contributed by atoms with Gasteiger partial charge < -0.3 is 10.2 Å². The van der Waals surface area contributed by atoms with Gasteiger partial charge in [0.25, 0.3) is 5.91 Å². The Bertz CT molecular complexity index is 704. The van der Waals surface area contributed by atoms with Gasteiger partial charge in [0.05, 0.1) is 6.04 Å². The van der Waals surface area contributed by atoms with Crippen LogP contribution < -0.4 is 10.2 Å². The van der Waals surface area contributed by atoms with Crippen LogP contribution >= 0.6 is 22.6 Å². The van der Waals surface area contributed by atoms with Gasteiger partial charge in [-0.3, -0.25) is 4.79 Å². The van der Waals surface area contributed by atoms with E-state index < -0.39 is 0 Å². The maximum absolute atomic E-state index is 12.4. The fourth-order valence-corrected chi connectivity index (χ4v) is 3.56. The van der Waals surface area contributed by atoms with Crippen LogP contribution in [-0.2, 0) is 0 Å². The second-order valence-electron chi connectivity index (χ2n) is 6.96. The second-order valence-corrected chi connectivity index (χ2v) is 8.21. The Morgan fingerprint density at radius 3 is 2.28 bits per heavy atom. The first-order valence-electron chi connectivity index (χ1n) is 8.94. The maximum Gasteiger partial charge on any atom is 0.251 e. The van der Waals surface area contributed by atoms with Crippen molar-refractivity contribution in [2.45, 2.75) is 32.7 Å². The van der Waals surface area contributed by atoms with Crippen molar-refractivity contribution >= 4 is 34.2 Å². The van der Waals surface area contributed by atoms with Crippen LogP contribution in [-0.4, -0.2) is 19.0 Å². The number of nitrogens with zero attached hydrogens (tertiary/aromatic N) is 1. The van der Waals surface area contributed by atoms with Crippen LogP contribution in [0.3, 0.4) is 0 Å². The Balaban J connectivity index is 1.61. The van der Waals surface area contributed by atoms with Gasteiger partial charge in [0.15, 0.2) is 0 Å². The SMILES string of the molecule is CC1CCN(c2ccc([C@H](C)NC(=O)c3ccc(I)cc3)cc2)CC1. The minimum absolute atomic E-state index is 0.0118. The summed E-state index contributed by atoms with van der Waals surface area (Å²) in [7, 11) is 0. The molecule has 2 aromatic rings. The largest absolute Gasteiger partial charge is 0.372 e. The van der Waals surface area contributed by atoms with Crippen LogP contribution in [0.4, 0.5) is 5.69 Å². The number of piperidine rings is 1. The van der Waals surface area contributed by atoms with Crippen molar-refractivity contribution < 1.29 is 4.79 Å². The molecule has 1 N–H and O–H groups in total. The standard InChI is InChI=1S/C21H25IN2O/c1-15-11-13-24(14-12-15)20-9-5-17(6-10-20)16(2)23-21(25)18-3-7-19(22)8-4-18/h3-10,15-16H,11-14H2,1-2H3,(H,23,25)/t16-/m0/s1. The molecule has 1 aliphatic heterocycles. The smallest absolute Gasteiger partial charge is 0.251 e. The van der Waals surface area contributed by atoms with Gasteiger partial charge in [0.1, 0.15) is 0 Å². The first-order chi connectivity index (χ1) is 12.0. The third kappa shape index (κ3) is 4.75. The number of halogens is 1. The van der Waals surface area contributed by atoms with Gasteiger partial charge in [-0.1, -0.05) is 19.1 Å².